The summed E-state index contributed by atoms with van der Waals surface area (Å²) in [6.45, 7) is 6.23. The van der Waals surface area contributed by atoms with Crippen molar-refractivity contribution in [2.75, 3.05) is 7.05 Å². The lowest BCUT2D eigenvalue weighted by atomic mass is 9.84. The second kappa shape index (κ2) is 4.63. The molecule has 0 atom stereocenters. The number of fused-ring (bicyclic) bond motifs is 2. The molecule has 0 saturated carbocycles. The van der Waals surface area contributed by atoms with E-state index in [0.29, 0.717) is 11.1 Å². The van der Waals surface area contributed by atoms with Crippen molar-refractivity contribution in [1.29, 1.82) is 0 Å². The number of rotatable bonds is 0. The lowest BCUT2D eigenvalue weighted by Crippen LogP contribution is -2.36. The molecule has 1 aliphatic heterocycles. The van der Waals surface area contributed by atoms with Crippen LogP contribution >= 0.6 is 0 Å². The number of imide groups is 1. The number of amides is 2. The maximum atomic E-state index is 12.7. The molecule has 0 aromatic heterocycles. The smallest absolute Gasteiger partial charge is 0.261 e. The number of nitrogens with zero attached hydrogens (tertiary/aromatic N) is 1. The molecule has 0 bridgehead atoms. The molecule has 0 N–H and O–H groups in total. The van der Waals surface area contributed by atoms with Crippen molar-refractivity contribution in [2.45, 2.75) is 0 Å². The Balaban J connectivity index is 1.99. The van der Waals surface area contributed by atoms with Crippen molar-refractivity contribution in [1.82, 2.24) is 4.90 Å². The van der Waals surface area contributed by atoms with E-state index in [9.17, 15) is 9.59 Å². The van der Waals surface area contributed by atoms with Gasteiger partial charge < -0.3 is 0 Å². The monoisotopic (exact) mass is 347 g/mol. The van der Waals surface area contributed by atoms with Crippen LogP contribution in [-0.2, 0) is 0 Å². The van der Waals surface area contributed by atoms with Gasteiger partial charge in [0, 0.05) is 23.6 Å². The summed E-state index contributed by atoms with van der Waals surface area (Å²) in [7, 11) is 1.53. The van der Waals surface area contributed by atoms with E-state index >= 15 is 0 Å². The molecule has 5 aromatic rings. The molecule has 3 nitrogen and oxygen atoms in total. The van der Waals surface area contributed by atoms with Crippen LogP contribution in [0.4, 0.5) is 0 Å². The average molecular weight is 347 g/mol. The predicted molar refractivity (Wildman–Crippen MR) is 107 cm³/mol. The van der Waals surface area contributed by atoms with Gasteiger partial charge in [-0.25, -0.2) is 0 Å². The fourth-order valence-corrected chi connectivity index (χ4v) is 4.63. The highest BCUT2D eigenvalue weighted by atomic mass is 16.2. The molecular weight excluding hydrogens is 334 g/mol. The van der Waals surface area contributed by atoms with Crippen molar-refractivity contribution in [3.63, 3.8) is 0 Å². The SMILES string of the molecule is [CH]c1ccc2c3ccc4c5c(ccc(c6cccc1c62)c53)C(=O)N(C)C4=O. The van der Waals surface area contributed by atoms with Crippen LogP contribution in [0.15, 0.2) is 54.6 Å². The van der Waals surface area contributed by atoms with Crippen LogP contribution in [-0.4, -0.2) is 23.8 Å². The Bertz CT molecular complexity index is 1410. The van der Waals surface area contributed by atoms with Crippen LogP contribution < -0.4 is 0 Å². The first-order valence-corrected chi connectivity index (χ1v) is 8.82. The molecule has 1 heterocycles. The normalized spacial score (nSPS) is 14.4. The summed E-state index contributed by atoms with van der Waals surface area (Å²) in [4.78, 5) is 26.6. The Kier molecular flexibility index (Phi) is 2.52. The Hall–Kier alpha value is -3.46. The molecule has 0 aliphatic carbocycles. The number of carbonyl (C=O) groups is 2. The first-order valence-electron chi connectivity index (χ1n) is 8.82. The quantitative estimate of drug-likeness (QED) is 0.224. The molecule has 0 fully saturated rings. The van der Waals surface area contributed by atoms with E-state index in [1.54, 1.807) is 0 Å². The minimum Gasteiger partial charge on any atom is -0.277 e. The molecule has 0 spiro atoms. The number of hydrogen-bond donors (Lipinski definition) is 0. The summed E-state index contributed by atoms with van der Waals surface area (Å²) in [5.74, 6) is -0.505. The molecule has 2 radical (unpaired) electrons. The molecule has 3 heteroatoms. The Labute approximate surface area is 155 Å². The van der Waals surface area contributed by atoms with Crippen LogP contribution in [0.2, 0.25) is 0 Å². The standard InChI is InChI=1S/C24H13NO2/c1-12-6-7-15-17-9-11-19-22-18(23(26)25(2)24(19)27)10-8-16(21(17)22)14-5-3-4-13(12)20(14)15/h1,3-11H,2H3. The zero-order valence-electron chi connectivity index (χ0n) is 14.5. The third-order valence-corrected chi connectivity index (χ3v) is 5.89. The van der Waals surface area contributed by atoms with Crippen molar-refractivity contribution in [3.8, 4) is 0 Å². The highest BCUT2D eigenvalue weighted by Crippen LogP contribution is 2.43. The third-order valence-electron chi connectivity index (χ3n) is 5.89. The van der Waals surface area contributed by atoms with E-state index in [1.807, 2.05) is 48.5 Å². The Morgan fingerprint density at radius 3 is 1.81 bits per heavy atom. The zero-order chi connectivity index (χ0) is 18.4. The van der Waals surface area contributed by atoms with Gasteiger partial charge in [0.25, 0.3) is 11.8 Å². The Morgan fingerprint density at radius 2 is 1.15 bits per heavy atom. The second-order valence-electron chi connectivity index (χ2n) is 7.17. The summed E-state index contributed by atoms with van der Waals surface area (Å²) in [6, 6.07) is 17.7. The fraction of sp³-hybridized carbons (Fsp3) is 0.0417. The predicted octanol–water partition coefficient (Wildman–Crippen LogP) is 5.02. The summed E-state index contributed by atoms with van der Waals surface area (Å²) >= 11 is 0. The van der Waals surface area contributed by atoms with Crippen molar-refractivity contribution in [3.05, 3.63) is 78.2 Å². The van der Waals surface area contributed by atoms with Crippen LogP contribution in [0.1, 0.15) is 26.3 Å². The van der Waals surface area contributed by atoms with E-state index < -0.39 is 0 Å². The molecule has 27 heavy (non-hydrogen) atoms. The minimum atomic E-state index is -0.252. The van der Waals surface area contributed by atoms with Gasteiger partial charge in [-0.05, 0) is 62.3 Å². The van der Waals surface area contributed by atoms with E-state index in [2.05, 4.69) is 6.07 Å². The first-order chi connectivity index (χ1) is 13.1. The second-order valence-corrected chi connectivity index (χ2v) is 7.17. The van der Waals surface area contributed by atoms with E-state index in [1.165, 1.54) is 11.9 Å². The van der Waals surface area contributed by atoms with Crippen molar-refractivity contribution < 1.29 is 9.59 Å². The van der Waals surface area contributed by atoms with Crippen LogP contribution in [0.3, 0.4) is 0 Å². The van der Waals surface area contributed by atoms with Gasteiger partial charge in [-0.15, -0.1) is 0 Å². The lowest BCUT2D eigenvalue weighted by molar-refractivity contribution is 0.0651. The molecule has 1 aliphatic rings. The van der Waals surface area contributed by atoms with Crippen LogP contribution in [0.5, 0.6) is 0 Å². The average Bonchev–Trinajstić information content (AvgIpc) is 2.70. The Morgan fingerprint density at radius 1 is 0.630 bits per heavy atom. The summed E-state index contributed by atoms with van der Waals surface area (Å²) in [6.07, 6.45) is 0. The van der Waals surface area contributed by atoms with Crippen molar-refractivity contribution in [2.24, 2.45) is 0 Å². The maximum Gasteiger partial charge on any atom is 0.261 e. The van der Waals surface area contributed by atoms with Gasteiger partial charge in [0.05, 0.1) is 0 Å². The van der Waals surface area contributed by atoms with Gasteiger partial charge >= 0.3 is 0 Å². The minimum absolute atomic E-state index is 0.252. The van der Waals surface area contributed by atoms with Gasteiger partial charge in [0.2, 0.25) is 0 Å². The van der Waals surface area contributed by atoms with Gasteiger partial charge in [0.15, 0.2) is 0 Å². The highest BCUT2D eigenvalue weighted by molar-refractivity contribution is 6.38. The van der Waals surface area contributed by atoms with E-state index in [-0.39, 0.29) is 11.8 Å². The topological polar surface area (TPSA) is 37.4 Å². The van der Waals surface area contributed by atoms with Gasteiger partial charge in [-0.2, -0.15) is 0 Å². The summed E-state index contributed by atoms with van der Waals surface area (Å²) in [5.41, 5.74) is 1.91. The van der Waals surface area contributed by atoms with Crippen molar-refractivity contribution >= 4 is 54.9 Å². The fourth-order valence-electron chi connectivity index (χ4n) is 4.63. The van der Waals surface area contributed by atoms with Crippen LogP contribution in [0.25, 0.3) is 43.1 Å². The molecule has 0 saturated heterocycles. The molecule has 6 rings (SSSR count). The molecule has 2 amide bonds. The third kappa shape index (κ3) is 1.58. The molecule has 126 valence electrons. The van der Waals surface area contributed by atoms with Crippen LogP contribution in [0, 0.1) is 6.92 Å². The highest BCUT2D eigenvalue weighted by Gasteiger charge is 2.31. The van der Waals surface area contributed by atoms with Gasteiger partial charge in [-0.1, -0.05) is 42.5 Å². The largest absolute Gasteiger partial charge is 0.277 e. The van der Waals surface area contributed by atoms with E-state index in [4.69, 9.17) is 6.92 Å². The molecular formula is C24H13NO2. The maximum absolute atomic E-state index is 12.7. The molecule has 5 aromatic carbocycles. The number of hydrogen-bond acceptors (Lipinski definition) is 2. The summed E-state index contributed by atoms with van der Waals surface area (Å²) in [5, 5.41) is 8.14. The first kappa shape index (κ1) is 14.7. The number of benzene rings is 5. The summed E-state index contributed by atoms with van der Waals surface area (Å²) < 4.78 is 0. The zero-order valence-corrected chi connectivity index (χ0v) is 14.5. The van der Waals surface area contributed by atoms with E-state index in [0.717, 1.165) is 48.7 Å². The van der Waals surface area contributed by atoms with Gasteiger partial charge in [0.1, 0.15) is 0 Å². The molecule has 0 unspecified atom stereocenters. The van der Waals surface area contributed by atoms with Gasteiger partial charge in [-0.3, -0.25) is 14.5 Å². The number of carbonyl (C=O) groups excluding carboxylic acids is 2. The lowest BCUT2D eigenvalue weighted by Gasteiger charge is -2.25.